The van der Waals surface area contributed by atoms with Gasteiger partial charge in [-0.25, -0.2) is 0 Å². The van der Waals surface area contributed by atoms with Crippen molar-refractivity contribution in [2.75, 3.05) is 33.2 Å². The monoisotopic (exact) mass is 265 g/mol. The molecule has 3 fully saturated rings. The van der Waals surface area contributed by atoms with Gasteiger partial charge in [0, 0.05) is 31.2 Å². The Labute approximate surface area is 118 Å². The molecule has 1 N–H and O–H groups in total. The number of likely N-dealkylation sites (tertiary alicyclic amines) is 2. The summed E-state index contributed by atoms with van der Waals surface area (Å²) in [5.74, 6) is 0. The van der Waals surface area contributed by atoms with E-state index in [1.54, 1.807) is 0 Å². The summed E-state index contributed by atoms with van der Waals surface area (Å²) >= 11 is 0. The quantitative estimate of drug-likeness (QED) is 0.843. The molecule has 0 amide bonds. The molecule has 3 unspecified atom stereocenters. The van der Waals surface area contributed by atoms with Gasteiger partial charge in [0.15, 0.2) is 0 Å². The number of likely N-dealkylation sites (N-methyl/N-ethyl adjacent to an activating group) is 1. The second-order valence-electron chi connectivity index (χ2n) is 6.78. The highest BCUT2D eigenvalue weighted by Gasteiger charge is 2.35. The van der Waals surface area contributed by atoms with Gasteiger partial charge < -0.3 is 5.32 Å². The third kappa shape index (κ3) is 3.14. The molecule has 3 nitrogen and oxygen atoms in total. The van der Waals surface area contributed by atoms with Crippen molar-refractivity contribution in [3.8, 4) is 0 Å². The first kappa shape index (κ1) is 13.8. The summed E-state index contributed by atoms with van der Waals surface area (Å²) in [4.78, 5) is 5.58. The SMILES string of the molecule is CNC1CCCCC1N1CCC(N2CCCCC2)C1. The Morgan fingerprint density at radius 3 is 2.37 bits per heavy atom. The average molecular weight is 265 g/mol. The third-order valence-corrected chi connectivity index (χ3v) is 5.67. The van der Waals surface area contributed by atoms with Crippen molar-refractivity contribution in [1.82, 2.24) is 15.1 Å². The fourth-order valence-corrected chi connectivity index (χ4v) is 4.54. The average Bonchev–Trinajstić information content (AvgIpc) is 2.98. The van der Waals surface area contributed by atoms with Crippen molar-refractivity contribution in [3.63, 3.8) is 0 Å². The second-order valence-corrected chi connectivity index (χ2v) is 6.78. The number of nitrogens with zero attached hydrogens (tertiary/aromatic N) is 2. The number of piperidine rings is 1. The van der Waals surface area contributed by atoms with Gasteiger partial charge in [-0.2, -0.15) is 0 Å². The minimum atomic E-state index is 0.744. The fourth-order valence-electron chi connectivity index (χ4n) is 4.54. The van der Waals surface area contributed by atoms with Crippen molar-refractivity contribution < 1.29 is 0 Å². The molecule has 0 spiro atoms. The Morgan fingerprint density at radius 2 is 1.58 bits per heavy atom. The Morgan fingerprint density at radius 1 is 0.789 bits per heavy atom. The highest BCUT2D eigenvalue weighted by Crippen LogP contribution is 2.28. The molecule has 110 valence electrons. The lowest BCUT2D eigenvalue weighted by molar-refractivity contribution is 0.123. The lowest BCUT2D eigenvalue weighted by Gasteiger charge is -2.39. The van der Waals surface area contributed by atoms with Crippen LogP contribution in [-0.2, 0) is 0 Å². The molecular formula is C16H31N3. The van der Waals surface area contributed by atoms with Gasteiger partial charge in [-0.15, -0.1) is 0 Å². The molecular weight excluding hydrogens is 234 g/mol. The topological polar surface area (TPSA) is 18.5 Å². The van der Waals surface area contributed by atoms with Crippen molar-refractivity contribution in [2.45, 2.75) is 69.5 Å². The van der Waals surface area contributed by atoms with Gasteiger partial charge in [0.1, 0.15) is 0 Å². The van der Waals surface area contributed by atoms with Crippen molar-refractivity contribution in [2.24, 2.45) is 0 Å². The summed E-state index contributed by atoms with van der Waals surface area (Å²) in [6.45, 7) is 5.39. The summed E-state index contributed by atoms with van der Waals surface area (Å²) < 4.78 is 0. The summed E-state index contributed by atoms with van der Waals surface area (Å²) in [5, 5.41) is 3.57. The zero-order valence-corrected chi connectivity index (χ0v) is 12.6. The molecule has 0 radical (unpaired) electrons. The molecule has 3 rings (SSSR count). The molecule has 0 aromatic carbocycles. The van der Waals surface area contributed by atoms with E-state index in [9.17, 15) is 0 Å². The van der Waals surface area contributed by atoms with Crippen LogP contribution in [0.25, 0.3) is 0 Å². The van der Waals surface area contributed by atoms with Crippen LogP contribution in [0, 0.1) is 0 Å². The van der Waals surface area contributed by atoms with Crippen LogP contribution in [0.1, 0.15) is 51.4 Å². The normalized spacial score (nSPS) is 38.7. The van der Waals surface area contributed by atoms with Gasteiger partial charge in [-0.3, -0.25) is 9.80 Å². The van der Waals surface area contributed by atoms with Gasteiger partial charge in [-0.05, 0) is 52.2 Å². The first-order valence-corrected chi connectivity index (χ1v) is 8.54. The predicted octanol–water partition coefficient (Wildman–Crippen LogP) is 2.08. The summed E-state index contributed by atoms with van der Waals surface area (Å²) in [6.07, 6.45) is 11.4. The van der Waals surface area contributed by atoms with Crippen LogP contribution < -0.4 is 5.32 Å². The molecule has 2 heterocycles. The largest absolute Gasteiger partial charge is 0.315 e. The van der Waals surface area contributed by atoms with Crippen LogP contribution in [0.15, 0.2) is 0 Å². The van der Waals surface area contributed by atoms with Crippen LogP contribution >= 0.6 is 0 Å². The highest BCUT2D eigenvalue weighted by atomic mass is 15.3. The van der Waals surface area contributed by atoms with E-state index in [-0.39, 0.29) is 0 Å². The molecule has 0 aromatic rings. The Hall–Kier alpha value is -0.120. The summed E-state index contributed by atoms with van der Waals surface area (Å²) in [5.41, 5.74) is 0. The van der Waals surface area contributed by atoms with Gasteiger partial charge in [0.05, 0.1) is 0 Å². The molecule has 0 bridgehead atoms. The van der Waals surface area contributed by atoms with Crippen molar-refractivity contribution >= 4 is 0 Å². The van der Waals surface area contributed by atoms with Gasteiger partial charge in [0.25, 0.3) is 0 Å². The Bertz CT molecular complexity index is 275. The van der Waals surface area contributed by atoms with Gasteiger partial charge >= 0.3 is 0 Å². The highest BCUT2D eigenvalue weighted by molar-refractivity contribution is 4.93. The van der Waals surface area contributed by atoms with Crippen molar-refractivity contribution in [1.29, 1.82) is 0 Å². The minimum absolute atomic E-state index is 0.744. The second kappa shape index (κ2) is 6.55. The van der Waals surface area contributed by atoms with Gasteiger partial charge in [-0.1, -0.05) is 19.3 Å². The molecule has 3 aliphatic rings. The van der Waals surface area contributed by atoms with E-state index in [2.05, 4.69) is 22.2 Å². The Kier molecular flexibility index (Phi) is 4.78. The van der Waals surface area contributed by atoms with E-state index in [1.165, 1.54) is 77.5 Å². The first-order chi connectivity index (χ1) is 9.38. The molecule has 1 saturated carbocycles. The summed E-state index contributed by atoms with van der Waals surface area (Å²) in [7, 11) is 2.15. The van der Waals surface area contributed by atoms with E-state index in [4.69, 9.17) is 0 Å². The molecule has 3 heteroatoms. The molecule has 19 heavy (non-hydrogen) atoms. The van der Waals surface area contributed by atoms with Gasteiger partial charge in [0.2, 0.25) is 0 Å². The molecule has 3 atom stereocenters. The van der Waals surface area contributed by atoms with E-state index >= 15 is 0 Å². The van der Waals surface area contributed by atoms with E-state index in [0.717, 1.165) is 18.1 Å². The lowest BCUT2D eigenvalue weighted by atomic mass is 9.89. The zero-order chi connectivity index (χ0) is 13.1. The van der Waals surface area contributed by atoms with Crippen LogP contribution in [0.2, 0.25) is 0 Å². The number of hydrogen-bond donors (Lipinski definition) is 1. The number of rotatable bonds is 3. The Balaban J connectivity index is 1.55. The van der Waals surface area contributed by atoms with E-state index < -0.39 is 0 Å². The summed E-state index contributed by atoms with van der Waals surface area (Å²) in [6, 6.07) is 2.42. The van der Waals surface area contributed by atoms with Crippen molar-refractivity contribution in [3.05, 3.63) is 0 Å². The number of hydrogen-bond acceptors (Lipinski definition) is 3. The standard InChI is InChI=1S/C16H31N3/c1-17-15-7-3-4-8-16(15)19-12-9-14(13-19)18-10-5-2-6-11-18/h14-17H,2-13H2,1H3. The van der Waals surface area contributed by atoms with E-state index in [0.29, 0.717) is 0 Å². The van der Waals surface area contributed by atoms with Crippen LogP contribution in [0.5, 0.6) is 0 Å². The maximum atomic E-state index is 3.57. The third-order valence-electron chi connectivity index (χ3n) is 5.67. The maximum absolute atomic E-state index is 3.57. The fraction of sp³-hybridized carbons (Fsp3) is 1.00. The molecule has 2 saturated heterocycles. The molecule has 0 aromatic heterocycles. The minimum Gasteiger partial charge on any atom is -0.315 e. The number of nitrogens with one attached hydrogen (secondary N) is 1. The maximum Gasteiger partial charge on any atom is 0.0249 e. The van der Waals surface area contributed by atoms with Crippen LogP contribution in [0.3, 0.4) is 0 Å². The zero-order valence-electron chi connectivity index (χ0n) is 12.6. The van der Waals surface area contributed by atoms with E-state index in [1.807, 2.05) is 0 Å². The first-order valence-electron chi connectivity index (χ1n) is 8.54. The van der Waals surface area contributed by atoms with Crippen LogP contribution in [-0.4, -0.2) is 61.2 Å². The smallest absolute Gasteiger partial charge is 0.0249 e. The molecule has 1 aliphatic carbocycles. The predicted molar refractivity (Wildman–Crippen MR) is 80.5 cm³/mol. The molecule has 2 aliphatic heterocycles. The van der Waals surface area contributed by atoms with Crippen LogP contribution in [0.4, 0.5) is 0 Å². The lowest BCUT2D eigenvalue weighted by Crippen LogP contribution is -2.51.